The van der Waals surface area contributed by atoms with Crippen molar-refractivity contribution in [1.29, 1.82) is 0 Å². The van der Waals surface area contributed by atoms with Gasteiger partial charge in [0, 0.05) is 6.42 Å². The number of hydrogen-bond donors (Lipinski definition) is 0. The first-order valence-electron chi connectivity index (χ1n) is 12.4. The highest BCUT2D eigenvalue weighted by atomic mass is 16.7. The van der Waals surface area contributed by atoms with Crippen LogP contribution in [0.4, 0.5) is 0 Å². The van der Waals surface area contributed by atoms with Gasteiger partial charge in [0.2, 0.25) is 0 Å². The third kappa shape index (κ3) is 2.59. The van der Waals surface area contributed by atoms with Crippen LogP contribution < -0.4 is 0 Å². The molecule has 0 radical (unpaired) electrons. The molecule has 0 amide bonds. The summed E-state index contributed by atoms with van der Waals surface area (Å²) >= 11 is 0. The van der Waals surface area contributed by atoms with Crippen molar-refractivity contribution in [2.75, 3.05) is 19.8 Å². The van der Waals surface area contributed by atoms with Crippen LogP contribution in [0.3, 0.4) is 0 Å². The molecule has 5 aliphatic carbocycles. The molecule has 1 aliphatic heterocycles. The number of ketones is 1. The van der Waals surface area contributed by atoms with E-state index in [1.54, 1.807) is 0 Å². The van der Waals surface area contributed by atoms with E-state index in [2.05, 4.69) is 33.8 Å². The summed E-state index contributed by atoms with van der Waals surface area (Å²) in [6.45, 7) is 11.9. The number of rotatable bonds is 3. The van der Waals surface area contributed by atoms with E-state index in [4.69, 9.17) is 14.2 Å². The molecule has 10 atom stereocenters. The van der Waals surface area contributed by atoms with Crippen LogP contribution in [0.5, 0.6) is 0 Å². The molecular formula is C26H38O4. The molecule has 0 aromatic carbocycles. The molecule has 6 aliphatic rings. The minimum Gasteiger partial charge on any atom is -0.372 e. The van der Waals surface area contributed by atoms with Crippen molar-refractivity contribution in [1.82, 2.24) is 0 Å². The molecule has 4 nitrogen and oxygen atoms in total. The molecule has 4 saturated carbocycles. The average Bonchev–Trinajstić information content (AvgIpc) is 3.28. The number of fused-ring (bicyclic) bond motifs is 8. The molecule has 166 valence electrons. The highest BCUT2D eigenvalue weighted by Crippen LogP contribution is 2.75. The fourth-order valence-corrected chi connectivity index (χ4v) is 9.20. The summed E-state index contributed by atoms with van der Waals surface area (Å²) in [5.41, 5.74) is 2.04. The molecule has 6 rings (SSSR count). The summed E-state index contributed by atoms with van der Waals surface area (Å²) in [6, 6.07) is 0. The summed E-state index contributed by atoms with van der Waals surface area (Å²) < 4.78 is 17.9. The molecule has 0 spiro atoms. The van der Waals surface area contributed by atoms with Crippen LogP contribution in [0.15, 0.2) is 11.6 Å². The first kappa shape index (κ1) is 19.9. The Bertz CT molecular complexity index is 769. The quantitative estimate of drug-likeness (QED) is 0.676. The van der Waals surface area contributed by atoms with E-state index in [1.165, 1.54) is 24.8 Å². The maximum Gasteiger partial charge on any atom is 0.181 e. The lowest BCUT2D eigenvalue weighted by atomic mass is 9.46. The van der Waals surface area contributed by atoms with Crippen LogP contribution in [-0.4, -0.2) is 38.0 Å². The minimum atomic E-state index is -0.180. The van der Waals surface area contributed by atoms with Crippen LogP contribution in [0, 0.1) is 52.3 Å². The van der Waals surface area contributed by atoms with E-state index in [0.29, 0.717) is 49.5 Å². The molecule has 1 saturated heterocycles. The van der Waals surface area contributed by atoms with Crippen molar-refractivity contribution in [2.45, 2.75) is 72.2 Å². The largest absolute Gasteiger partial charge is 0.372 e. The predicted molar refractivity (Wildman–Crippen MR) is 114 cm³/mol. The summed E-state index contributed by atoms with van der Waals surface area (Å²) in [7, 11) is 0. The van der Waals surface area contributed by atoms with Gasteiger partial charge in [-0.3, -0.25) is 4.79 Å². The third-order valence-corrected chi connectivity index (χ3v) is 10.7. The smallest absolute Gasteiger partial charge is 0.181 e. The number of carbonyl (C=O) groups excluding carboxylic acids is 1. The van der Waals surface area contributed by atoms with Crippen molar-refractivity contribution in [3.05, 3.63) is 11.6 Å². The number of allylic oxidation sites excluding steroid dienone is 1. The fraction of sp³-hybridized carbons (Fsp3) is 0.885. The maximum atomic E-state index is 12.2. The maximum absolute atomic E-state index is 12.2. The molecule has 0 aromatic rings. The van der Waals surface area contributed by atoms with Gasteiger partial charge in [0.05, 0.1) is 25.9 Å². The Morgan fingerprint density at radius 1 is 1.13 bits per heavy atom. The molecule has 9 unspecified atom stereocenters. The Morgan fingerprint density at radius 3 is 2.67 bits per heavy atom. The van der Waals surface area contributed by atoms with Crippen molar-refractivity contribution >= 4 is 5.78 Å². The van der Waals surface area contributed by atoms with Crippen LogP contribution in [0.25, 0.3) is 0 Å². The zero-order chi connectivity index (χ0) is 20.8. The summed E-state index contributed by atoms with van der Waals surface area (Å²) in [4.78, 5) is 12.2. The lowest BCUT2D eigenvalue weighted by molar-refractivity contribution is -0.153. The Kier molecular flexibility index (Phi) is 4.42. The van der Waals surface area contributed by atoms with Gasteiger partial charge in [-0.2, -0.15) is 0 Å². The third-order valence-electron chi connectivity index (χ3n) is 10.7. The van der Waals surface area contributed by atoms with Gasteiger partial charge in [0.25, 0.3) is 0 Å². The van der Waals surface area contributed by atoms with E-state index in [9.17, 15) is 4.79 Å². The van der Waals surface area contributed by atoms with Crippen molar-refractivity contribution in [3.8, 4) is 0 Å². The van der Waals surface area contributed by atoms with Crippen LogP contribution >= 0.6 is 0 Å². The predicted octanol–water partition coefficient (Wildman–Crippen LogP) is 4.62. The Balaban J connectivity index is 1.30. The number of hydrogen-bond acceptors (Lipinski definition) is 4. The lowest BCUT2D eigenvalue weighted by Gasteiger charge is -2.58. The Morgan fingerprint density at radius 2 is 1.90 bits per heavy atom. The Hall–Kier alpha value is -0.710. The standard InChI is InChI=1S/C26H38O4/c1-14-15(2)24(30-13-21-28-9-10-29-21)26(4)8-6-19-22(23(14)26)18-12-17(18)20-11-16(27)5-7-25(19,20)3/h11,14-15,17-19,21-24H,5-10,12-13H2,1-4H3/t14-,15?,17?,18?,19?,22?,23?,24?,25?,26?/m1/s1. The van der Waals surface area contributed by atoms with Crippen molar-refractivity contribution < 1.29 is 19.0 Å². The minimum absolute atomic E-state index is 0.180. The van der Waals surface area contributed by atoms with Gasteiger partial charge in [-0.15, -0.1) is 0 Å². The van der Waals surface area contributed by atoms with E-state index in [-0.39, 0.29) is 17.1 Å². The van der Waals surface area contributed by atoms with Gasteiger partial charge < -0.3 is 14.2 Å². The second-order valence-corrected chi connectivity index (χ2v) is 11.9. The second-order valence-electron chi connectivity index (χ2n) is 11.9. The van der Waals surface area contributed by atoms with Crippen molar-refractivity contribution in [2.24, 2.45) is 52.3 Å². The summed E-state index contributed by atoms with van der Waals surface area (Å²) in [6.07, 6.45) is 7.87. The SMILES string of the molecule is CC1C(OCC2OCCO2)C2(C)CCC3C(C4CC4C4=CC(=O)CCC43C)C2[C@@H]1C. The zero-order valence-electron chi connectivity index (χ0n) is 19.1. The molecule has 30 heavy (non-hydrogen) atoms. The highest BCUT2D eigenvalue weighted by Gasteiger charge is 2.70. The van der Waals surface area contributed by atoms with Gasteiger partial charge in [-0.05, 0) is 84.0 Å². The zero-order valence-corrected chi connectivity index (χ0v) is 19.1. The van der Waals surface area contributed by atoms with Gasteiger partial charge >= 0.3 is 0 Å². The monoisotopic (exact) mass is 414 g/mol. The Labute approximate surface area is 181 Å². The fourth-order valence-electron chi connectivity index (χ4n) is 9.20. The van der Waals surface area contributed by atoms with Crippen LogP contribution in [0.1, 0.15) is 59.8 Å². The number of ether oxygens (including phenoxy) is 3. The van der Waals surface area contributed by atoms with Crippen LogP contribution in [0.2, 0.25) is 0 Å². The van der Waals surface area contributed by atoms with Crippen molar-refractivity contribution in [3.63, 3.8) is 0 Å². The molecule has 1 heterocycles. The first-order valence-corrected chi connectivity index (χ1v) is 12.4. The first-order chi connectivity index (χ1) is 14.3. The van der Waals surface area contributed by atoms with Crippen LogP contribution in [-0.2, 0) is 19.0 Å². The van der Waals surface area contributed by atoms with Gasteiger partial charge in [-0.25, -0.2) is 0 Å². The molecule has 5 fully saturated rings. The summed E-state index contributed by atoms with van der Waals surface area (Å²) in [5, 5.41) is 0. The van der Waals surface area contributed by atoms with Gasteiger partial charge in [0.1, 0.15) is 0 Å². The van der Waals surface area contributed by atoms with E-state index >= 15 is 0 Å². The van der Waals surface area contributed by atoms with Gasteiger partial charge in [-0.1, -0.05) is 33.3 Å². The average molecular weight is 415 g/mol. The lowest BCUT2D eigenvalue weighted by Crippen LogP contribution is -2.53. The van der Waals surface area contributed by atoms with E-state index in [0.717, 1.165) is 36.5 Å². The van der Waals surface area contributed by atoms with E-state index < -0.39 is 0 Å². The van der Waals surface area contributed by atoms with E-state index in [1.807, 2.05) is 0 Å². The molecule has 4 heteroatoms. The van der Waals surface area contributed by atoms with Gasteiger partial charge in [0.15, 0.2) is 12.1 Å². The molecular weight excluding hydrogens is 376 g/mol. The summed E-state index contributed by atoms with van der Waals surface area (Å²) in [5.74, 6) is 5.38. The number of carbonyl (C=O) groups is 1. The molecule has 0 N–H and O–H groups in total. The normalized spacial score (nSPS) is 54.8. The second kappa shape index (κ2) is 6.65. The topological polar surface area (TPSA) is 44.8 Å². The molecule has 0 aromatic heterocycles. The highest BCUT2D eigenvalue weighted by molar-refractivity contribution is 5.92. The molecule has 0 bridgehead atoms.